The summed E-state index contributed by atoms with van der Waals surface area (Å²) in [5, 5.41) is 15.2. The van der Waals surface area contributed by atoms with Crippen LogP contribution in [0.5, 0.6) is 0 Å². The average Bonchev–Trinajstić information content (AvgIpc) is 2.99. The van der Waals surface area contributed by atoms with Crippen LogP contribution in [0.4, 0.5) is 0 Å². The lowest BCUT2D eigenvalue weighted by Crippen LogP contribution is -2.32. The molecule has 7 heteroatoms. The van der Waals surface area contributed by atoms with Gasteiger partial charge in [0.15, 0.2) is 5.69 Å². The monoisotopic (exact) mass is 324 g/mol. The van der Waals surface area contributed by atoms with Crippen molar-refractivity contribution >= 4 is 16.8 Å². The first-order valence-corrected chi connectivity index (χ1v) is 7.97. The van der Waals surface area contributed by atoms with E-state index in [0.29, 0.717) is 17.9 Å². The zero-order valence-electron chi connectivity index (χ0n) is 13.8. The van der Waals surface area contributed by atoms with Gasteiger partial charge in [0.1, 0.15) is 0 Å². The molecule has 124 valence electrons. The van der Waals surface area contributed by atoms with Gasteiger partial charge in [-0.3, -0.25) is 9.78 Å². The van der Waals surface area contributed by atoms with E-state index in [-0.39, 0.29) is 5.91 Å². The van der Waals surface area contributed by atoms with Crippen molar-refractivity contribution in [2.45, 2.75) is 13.8 Å². The van der Waals surface area contributed by atoms with Crippen LogP contribution in [-0.4, -0.2) is 45.5 Å². The summed E-state index contributed by atoms with van der Waals surface area (Å²) in [4.78, 5) is 16.6. The van der Waals surface area contributed by atoms with Crippen LogP contribution in [0.15, 0.2) is 36.5 Å². The SMILES string of the molecule is CCNCCNC(=O)c1nnn(-c2cccc3ncccc23)c1C. The highest BCUT2D eigenvalue weighted by molar-refractivity contribution is 5.93. The molecular formula is C17H20N6O. The molecule has 2 N–H and O–H groups in total. The Bertz CT molecular complexity index is 852. The zero-order chi connectivity index (χ0) is 16.9. The number of carbonyl (C=O) groups is 1. The van der Waals surface area contributed by atoms with Crippen LogP contribution >= 0.6 is 0 Å². The molecule has 0 unspecified atom stereocenters. The molecule has 0 radical (unpaired) electrons. The predicted octanol–water partition coefficient (Wildman–Crippen LogP) is 1.46. The summed E-state index contributed by atoms with van der Waals surface area (Å²) in [6, 6.07) is 9.67. The van der Waals surface area contributed by atoms with Crippen LogP contribution in [0.2, 0.25) is 0 Å². The molecule has 0 saturated heterocycles. The number of rotatable bonds is 6. The minimum atomic E-state index is -0.213. The van der Waals surface area contributed by atoms with E-state index in [2.05, 4.69) is 25.9 Å². The third-order valence-corrected chi connectivity index (χ3v) is 3.80. The lowest BCUT2D eigenvalue weighted by molar-refractivity contribution is 0.0948. The minimum absolute atomic E-state index is 0.213. The number of hydrogen-bond acceptors (Lipinski definition) is 5. The van der Waals surface area contributed by atoms with Crippen LogP contribution in [0.3, 0.4) is 0 Å². The van der Waals surface area contributed by atoms with Crippen LogP contribution in [0, 0.1) is 6.92 Å². The first-order valence-electron chi connectivity index (χ1n) is 7.97. The van der Waals surface area contributed by atoms with E-state index in [1.807, 2.05) is 44.2 Å². The zero-order valence-corrected chi connectivity index (χ0v) is 13.8. The Balaban J connectivity index is 1.88. The van der Waals surface area contributed by atoms with Crippen molar-refractivity contribution in [2.24, 2.45) is 0 Å². The second-order valence-corrected chi connectivity index (χ2v) is 5.39. The Labute approximate surface area is 140 Å². The number of likely N-dealkylation sites (N-methyl/N-ethyl adjacent to an activating group) is 1. The molecule has 2 heterocycles. The number of nitrogens with one attached hydrogen (secondary N) is 2. The molecule has 3 rings (SSSR count). The lowest BCUT2D eigenvalue weighted by atomic mass is 10.2. The summed E-state index contributed by atoms with van der Waals surface area (Å²) >= 11 is 0. The minimum Gasteiger partial charge on any atom is -0.349 e. The molecule has 0 bridgehead atoms. The molecule has 1 aromatic carbocycles. The summed E-state index contributed by atoms with van der Waals surface area (Å²) in [5.74, 6) is -0.213. The van der Waals surface area contributed by atoms with Gasteiger partial charge in [-0.1, -0.05) is 18.2 Å². The number of carbonyl (C=O) groups excluding carboxylic acids is 1. The molecule has 0 spiro atoms. The van der Waals surface area contributed by atoms with Crippen LogP contribution in [0.25, 0.3) is 16.6 Å². The first-order chi connectivity index (χ1) is 11.7. The molecule has 0 aliphatic heterocycles. The smallest absolute Gasteiger partial charge is 0.273 e. The van der Waals surface area contributed by atoms with Crippen LogP contribution in [0.1, 0.15) is 23.1 Å². The second kappa shape index (κ2) is 7.18. The van der Waals surface area contributed by atoms with Gasteiger partial charge >= 0.3 is 0 Å². The van der Waals surface area contributed by atoms with Crippen molar-refractivity contribution in [3.05, 3.63) is 47.9 Å². The number of hydrogen-bond donors (Lipinski definition) is 2. The fraction of sp³-hybridized carbons (Fsp3) is 0.294. The molecule has 7 nitrogen and oxygen atoms in total. The Kier molecular flexibility index (Phi) is 4.81. The fourth-order valence-electron chi connectivity index (χ4n) is 2.56. The molecule has 0 aliphatic rings. The van der Waals surface area contributed by atoms with E-state index in [4.69, 9.17) is 0 Å². The Morgan fingerprint density at radius 3 is 2.92 bits per heavy atom. The summed E-state index contributed by atoms with van der Waals surface area (Å²) in [6.45, 7) is 6.02. The third-order valence-electron chi connectivity index (χ3n) is 3.80. The van der Waals surface area contributed by atoms with E-state index in [1.165, 1.54) is 0 Å². The number of fused-ring (bicyclic) bond motifs is 1. The summed E-state index contributed by atoms with van der Waals surface area (Å²) in [5.41, 5.74) is 2.78. The number of pyridine rings is 1. The highest BCUT2D eigenvalue weighted by atomic mass is 16.2. The van der Waals surface area contributed by atoms with Crippen molar-refractivity contribution in [1.82, 2.24) is 30.6 Å². The predicted molar refractivity (Wildman–Crippen MR) is 92.3 cm³/mol. The Morgan fingerprint density at radius 2 is 2.08 bits per heavy atom. The van der Waals surface area contributed by atoms with Crippen molar-refractivity contribution in [1.29, 1.82) is 0 Å². The van der Waals surface area contributed by atoms with Crippen molar-refractivity contribution in [3.8, 4) is 5.69 Å². The second-order valence-electron chi connectivity index (χ2n) is 5.39. The standard InChI is InChI=1S/C17H20N6O/c1-3-18-10-11-20-17(24)16-12(2)23(22-21-16)15-8-4-7-14-13(15)6-5-9-19-14/h4-9,18H,3,10-11H2,1-2H3,(H,20,24). The first kappa shape index (κ1) is 16.1. The van der Waals surface area contributed by atoms with E-state index < -0.39 is 0 Å². The molecule has 0 saturated carbocycles. The van der Waals surface area contributed by atoms with Crippen molar-refractivity contribution < 1.29 is 4.79 Å². The number of nitrogens with zero attached hydrogens (tertiary/aromatic N) is 4. The van der Waals surface area contributed by atoms with E-state index in [1.54, 1.807) is 10.9 Å². The highest BCUT2D eigenvalue weighted by Crippen LogP contribution is 2.21. The number of benzene rings is 1. The van der Waals surface area contributed by atoms with Gasteiger partial charge in [-0.2, -0.15) is 0 Å². The Hall–Kier alpha value is -2.80. The van der Waals surface area contributed by atoms with E-state index >= 15 is 0 Å². The van der Waals surface area contributed by atoms with E-state index in [9.17, 15) is 4.79 Å². The van der Waals surface area contributed by atoms with Gasteiger partial charge in [0.2, 0.25) is 0 Å². The molecule has 2 aromatic heterocycles. The molecule has 1 amide bonds. The van der Waals surface area contributed by atoms with Crippen molar-refractivity contribution in [2.75, 3.05) is 19.6 Å². The quantitative estimate of drug-likeness (QED) is 0.671. The summed E-state index contributed by atoms with van der Waals surface area (Å²) in [6.07, 6.45) is 1.75. The van der Waals surface area contributed by atoms with Gasteiger partial charge in [-0.05, 0) is 37.7 Å². The van der Waals surface area contributed by atoms with Crippen molar-refractivity contribution in [3.63, 3.8) is 0 Å². The molecule has 24 heavy (non-hydrogen) atoms. The topological polar surface area (TPSA) is 84.7 Å². The number of aromatic nitrogens is 4. The normalized spacial score (nSPS) is 10.9. The maximum Gasteiger partial charge on any atom is 0.273 e. The van der Waals surface area contributed by atoms with Gasteiger partial charge in [-0.25, -0.2) is 4.68 Å². The lowest BCUT2D eigenvalue weighted by Gasteiger charge is -2.07. The average molecular weight is 324 g/mol. The van der Waals surface area contributed by atoms with Crippen LogP contribution in [-0.2, 0) is 0 Å². The van der Waals surface area contributed by atoms with Gasteiger partial charge in [0.25, 0.3) is 5.91 Å². The largest absolute Gasteiger partial charge is 0.349 e. The third kappa shape index (κ3) is 3.11. The maximum atomic E-state index is 12.3. The molecule has 0 atom stereocenters. The van der Waals surface area contributed by atoms with Gasteiger partial charge in [0.05, 0.1) is 16.9 Å². The molecular weight excluding hydrogens is 304 g/mol. The molecule has 0 fully saturated rings. The molecule has 0 aliphatic carbocycles. The summed E-state index contributed by atoms with van der Waals surface area (Å²) in [7, 11) is 0. The van der Waals surface area contributed by atoms with Gasteiger partial charge in [-0.15, -0.1) is 5.10 Å². The van der Waals surface area contributed by atoms with E-state index in [0.717, 1.165) is 29.7 Å². The Morgan fingerprint density at radius 1 is 1.21 bits per heavy atom. The van der Waals surface area contributed by atoms with Gasteiger partial charge in [0, 0.05) is 24.7 Å². The number of amides is 1. The summed E-state index contributed by atoms with van der Waals surface area (Å²) < 4.78 is 1.68. The highest BCUT2D eigenvalue weighted by Gasteiger charge is 2.18. The van der Waals surface area contributed by atoms with Crippen LogP contribution < -0.4 is 10.6 Å². The molecule has 3 aromatic rings. The van der Waals surface area contributed by atoms with Gasteiger partial charge < -0.3 is 10.6 Å². The maximum absolute atomic E-state index is 12.3. The fourth-order valence-corrected chi connectivity index (χ4v) is 2.56.